The Labute approximate surface area is 181 Å². The van der Waals surface area contributed by atoms with Crippen LogP contribution in [0.2, 0.25) is 0 Å². The largest absolute Gasteiger partial charge is 0.392 e. The minimum absolute atomic E-state index is 0.174. The van der Waals surface area contributed by atoms with Gasteiger partial charge in [0.15, 0.2) is 0 Å². The summed E-state index contributed by atoms with van der Waals surface area (Å²) in [6, 6.07) is 5.87. The average molecular weight is 425 g/mol. The van der Waals surface area contributed by atoms with E-state index in [9.17, 15) is 9.90 Å². The highest BCUT2D eigenvalue weighted by Gasteiger charge is 2.43. The first-order chi connectivity index (χ1) is 14.8. The lowest BCUT2D eigenvalue weighted by molar-refractivity contribution is -0.114. The second kappa shape index (κ2) is 8.37. The molecular formula is C23H28N4O4. The van der Waals surface area contributed by atoms with Gasteiger partial charge in [-0.05, 0) is 37.1 Å². The third kappa shape index (κ3) is 3.94. The first kappa shape index (κ1) is 21.4. The zero-order chi connectivity index (χ0) is 22.2. The van der Waals surface area contributed by atoms with Crippen LogP contribution < -0.4 is 5.32 Å². The summed E-state index contributed by atoms with van der Waals surface area (Å²) in [5, 5.41) is 14.3. The van der Waals surface area contributed by atoms with Crippen molar-refractivity contribution in [1.29, 1.82) is 0 Å². The van der Waals surface area contributed by atoms with Gasteiger partial charge in [-0.3, -0.25) is 9.78 Å². The summed E-state index contributed by atoms with van der Waals surface area (Å²) in [5.74, 6) is 0.317. The summed E-state index contributed by atoms with van der Waals surface area (Å²) in [5.41, 5.74) is 3.86. The maximum absolute atomic E-state index is 11.5. The molecule has 4 heterocycles. The standard InChI is InChI=1S/C23H28N4O4/c1-14(28)23(5-6-31-13-23)21-8-16(12-30-4)7-19(26-21)18-11-27(3)20-10-24-22(9-17(18)20)25-15(2)29/h7-11,14,28H,5-6,12-13H2,1-4H3,(H,24,25,29)/t14?,23-/m1/s1. The van der Waals surface area contributed by atoms with Gasteiger partial charge in [-0.15, -0.1) is 0 Å². The molecule has 3 aromatic rings. The topological polar surface area (TPSA) is 98.5 Å². The molecule has 1 unspecified atom stereocenters. The fourth-order valence-electron chi connectivity index (χ4n) is 4.29. The number of hydrogen-bond acceptors (Lipinski definition) is 6. The number of amides is 1. The van der Waals surface area contributed by atoms with Crippen molar-refractivity contribution in [2.24, 2.45) is 7.05 Å². The van der Waals surface area contributed by atoms with Crippen LogP contribution in [0.1, 0.15) is 31.5 Å². The summed E-state index contributed by atoms with van der Waals surface area (Å²) < 4.78 is 13.1. The molecule has 4 rings (SSSR count). The number of carbonyl (C=O) groups excluding carboxylic acids is 1. The predicted molar refractivity (Wildman–Crippen MR) is 118 cm³/mol. The normalized spacial score (nSPS) is 19.6. The molecule has 31 heavy (non-hydrogen) atoms. The number of hydrogen-bond donors (Lipinski definition) is 2. The number of fused-ring (bicyclic) bond motifs is 1. The molecule has 8 nitrogen and oxygen atoms in total. The van der Waals surface area contributed by atoms with Crippen LogP contribution in [0.25, 0.3) is 22.2 Å². The fourth-order valence-corrected chi connectivity index (χ4v) is 4.29. The van der Waals surface area contributed by atoms with Gasteiger partial charge in [0, 0.05) is 44.8 Å². The van der Waals surface area contributed by atoms with Crippen LogP contribution in [0.15, 0.2) is 30.6 Å². The first-order valence-corrected chi connectivity index (χ1v) is 10.3. The summed E-state index contributed by atoms with van der Waals surface area (Å²) in [6.45, 7) is 4.71. The van der Waals surface area contributed by atoms with Crippen LogP contribution in [0.3, 0.4) is 0 Å². The monoisotopic (exact) mass is 424 g/mol. The van der Waals surface area contributed by atoms with Crippen LogP contribution in [0.5, 0.6) is 0 Å². The molecule has 0 spiro atoms. The minimum Gasteiger partial charge on any atom is -0.392 e. The van der Waals surface area contributed by atoms with Gasteiger partial charge in [0.05, 0.1) is 47.8 Å². The maximum atomic E-state index is 11.5. The smallest absolute Gasteiger partial charge is 0.222 e. The molecule has 3 aromatic heterocycles. The number of carbonyl (C=O) groups is 1. The Morgan fingerprint density at radius 1 is 1.42 bits per heavy atom. The van der Waals surface area contributed by atoms with E-state index < -0.39 is 11.5 Å². The Morgan fingerprint density at radius 2 is 2.23 bits per heavy atom. The van der Waals surface area contributed by atoms with Crippen molar-refractivity contribution in [2.75, 3.05) is 25.6 Å². The number of aromatic nitrogens is 3. The van der Waals surface area contributed by atoms with Gasteiger partial charge in [0.25, 0.3) is 0 Å². The quantitative estimate of drug-likeness (QED) is 0.631. The number of nitrogens with zero attached hydrogens (tertiary/aromatic N) is 3. The summed E-state index contributed by atoms with van der Waals surface area (Å²) in [6.07, 6.45) is 3.86. The highest BCUT2D eigenvalue weighted by atomic mass is 16.5. The summed E-state index contributed by atoms with van der Waals surface area (Å²) in [4.78, 5) is 20.8. The molecule has 2 atom stereocenters. The van der Waals surface area contributed by atoms with Crippen LogP contribution >= 0.6 is 0 Å². The molecule has 0 aliphatic carbocycles. The first-order valence-electron chi connectivity index (χ1n) is 10.3. The van der Waals surface area contributed by atoms with E-state index in [1.165, 1.54) is 6.92 Å². The van der Waals surface area contributed by atoms with E-state index in [0.717, 1.165) is 33.4 Å². The van der Waals surface area contributed by atoms with Crippen molar-refractivity contribution in [1.82, 2.24) is 14.5 Å². The number of nitrogens with one attached hydrogen (secondary N) is 1. The molecule has 1 amide bonds. The Bertz CT molecular complexity index is 1120. The van der Waals surface area contributed by atoms with Gasteiger partial charge in [0.2, 0.25) is 5.91 Å². The second-order valence-corrected chi connectivity index (χ2v) is 8.24. The maximum Gasteiger partial charge on any atom is 0.222 e. The Morgan fingerprint density at radius 3 is 2.87 bits per heavy atom. The van der Waals surface area contributed by atoms with Crippen LogP contribution in [-0.2, 0) is 33.3 Å². The predicted octanol–water partition coefficient (Wildman–Crippen LogP) is 2.78. The zero-order valence-corrected chi connectivity index (χ0v) is 18.3. The minimum atomic E-state index is -0.601. The van der Waals surface area contributed by atoms with Crippen molar-refractivity contribution in [2.45, 2.75) is 38.4 Å². The van der Waals surface area contributed by atoms with E-state index in [0.29, 0.717) is 32.1 Å². The van der Waals surface area contributed by atoms with E-state index >= 15 is 0 Å². The lowest BCUT2D eigenvalue weighted by atomic mass is 9.78. The molecule has 1 aliphatic rings. The van der Waals surface area contributed by atoms with Crippen molar-refractivity contribution >= 4 is 22.6 Å². The molecule has 1 aliphatic heterocycles. The lowest BCUT2D eigenvalue weighted by Crippen LogP contribution is -2.39. The number of rotatable bonds is 6. The molecule has 2 N–H and O–H groups in total. The third-order valence-electron chi connectivity index (χ3n) is 6.01. The van der Waals surface area contributed by atoms with E-state index in [1.54, 1.807) is 20.2 Å². The molecule has 0 aromatic carbocycles. The second-order valence-electron chi connectivity index (χ2n) is 8.24. The van der Waals surface area contributed by atoms with Crippen LogP contribution in [0, 0.1) is 0 Å². The molecule has 164 valence electrons. The van der Waals surface area contributed by atoms with E-state index in [2.05, 4.69) is 10.3 Å². The Kier molecular flexibility index (Phi) is 5.79. The number of aliphatic hydroxyl groups is 1. The van der Waals surface area contributed by atoms with Crippen LogP contribution in [0.4, 0.5) is 5.82 Å². The van der Waals surface area contributed by atoms with Crippen molar-refractivity contribution in [3.63, 3.8) is 0 Å². The number of methoxy groups -OCH3 is 1. The lowest BCUT2D eigenvalue weighted by Gasteiger charge is -2.30. The van der Waals surface area contributed by atoms with Gasteiger partial charge in [0.1, 0.15) is 5.82 Å². The van der Waals surface area contributed by atoms with Crippen molar-refractivity contribution < 1.29 is 19.4 Å². The zero-order valence-electron chi connectivity index (χ0n) is 18.3. The molecule has 1 fully saturated rings. The van der Waals surface area contributed by atoms with E-state index in [-0.39, 0.29) is 5.91 Å². The number of aliphatic hydroxyl groups excluding tert-OH is 1. The third-order valence-corrected chi connectivity index (χ3v) is 6.01. The summed E-state index contributed by atoms with van der Waals surface area (Å²) >= 11 is 0. The van der Waals surface area contributed by atoms with E-state index in [1.807, 2.05) is 36.0 Å². The number of aryl methyl sites for hydroxylation is 1. The highest BCUT2D eigenvalue weighted by molar-refractivity contribution is 5.98. The van der Waals surface area contributed by atoms with Gasteiger partial charge in [-0.25, -0.2) is 4.98 Å². The molecular weight excluding hydrogens is 396 g/mol. The van der Waals surface area contributed by atoms with Crippen molar-refractivity contribution in [3.05, 3.63) is 41.9 Å². The Hall–Kier alpha value is -2.81. The van der Waals surface area contributed by atoms with Gasteiger partial charge in [-0.2, -0.15) is 0 Å². The molecule has 1 saturated heterocycles. The average Bonchev–Trinajstić information content (AvgIpc) is 3.34. The summed E-state index contributed by atoms with van der Waals surface area (Å²) in [7, 11) is 3.61. The number of anilines is 1. The fraction of sp³-hybridized carbons (Fsp3) is 0.435. The number of ether oxygens (including phenoxy) is 2. The van der Waals surface area contributed by atoms with Gasteiger partial charge >= 0.3 is 0 Å². The number of pyridine rings is 2. The van der Waals surface area contributed by atoms with Gasteiger partial charge < -0.3 is 24.5 Å². The Balaban J connectivity index is 1.90. The molecule has 0 radical (unpaired) electrons. The van der Waals surface area contributed by atoms with Crippen molar-refractivity contribution in [3.8, 4) is 11.3 Å². The van der Waals surface area contributed by atoms with E-state index in [4.69, 9.17) is 14.5 Å². The van der Waals surface area contributed by atoms with Gasteiger partial charge in [-0.1, -0.05) is 0 Å². The molecule has 0 saturated carbocycles. The molecule has 0 bridgehead atoms. The SMILES string of the molecule is COCc1cc(-c2cn(C)c3cnc(NC(C)=O)cc23)nc([C@]2(C(C)O)CCOC2)c1. The highest BCUT2D eigenvalue weighted by Crippen LogP contribution is 2.38. The molecule has 8 heteroatoms. The van der Waals surface area contributed by atoms with Crippen LogP contribution in [-0.4, -0.2) is 52.0 Å².